The Bertz CT molecular complexity index is 2200. The quantitative estimate of drug-likeness (QED) is 0.115. The lowest BCUT2D eigenvalue weighted by atomic mass is 9.99. The van der Waals surface area contributed by atoms with E-state index in [9.17, 15) is 81.6 Å². The van der Waals surface area contributed by atoms with E-state index in [0.717, 1.165) is 0 Å². The van der Waals surface area contributed by atoms with Crippen LogP contribution in [0.3, 0.4) is 0 Å². The minimum atomic E-state index is -6.24. The van der Waals surface area contributed by atoms with Crippen molar-refractivity contribution in [3.8, 4) is 18.2 Å². The molecular weight excluding hydrogens is 767 g/mol. The van der Waals surface area contributed by atoms with Gasteiger partial charge in [-0.15, -0.1) is 0 Å². The summed E-state index contributed by atoms with van der Waals surface area (Å²) in [7, 11) is 0. The van der Waals surface area contributed by atoms with Gasteiger partial charge < -0.3 is 0 Å². The summed E-state index contributed by atoms with van der Waals surface area (Å²) in [5.74, 6) is -30.6. The van der Waals surface area contributed by atoms with Gasteiger partial charge in [0.2, 0.25) is 11.9 Å². The summed E-state index contributed by atoms with van der Waals surface area (Å²) >= 11 is 0. The number of alkyl halides is 9. The SMILES string of the molecule is N#CC(=C1C(=C(C#N)c2c(F)c(F)nc(C(F)(F)F)c2F)C1=C(C#N)c1c(F)c(F)c(C(F)(F)F)c(F)c1F)c1c(F)c(F)nc(C(F)(F)F)c1F. The van der Waals surface area contributed by atoms with Gasteiger partial charge in [-0.2, -0.15) is 64.1 Å². The van der Waals surface area contributed by atoms with E-state index in [1.807, 2.05) is 9.97 Å². The number of hydrogen-bond donors (Lipinski definition) is 0. The maximum absolute atomic E-state index is 15.1. The van der Waals surface area contributed by atoms with Gasteiger partial charge in [0.15, 0.2) is 57.9 Å². The van der Waals surface area contributed by atoms with Crippen molar-refractivity contribution >= 4 is 16.7 Å². The van der Waals surface area contributed by atoms with Crippen LogP contribution in [0.15, 0.2) is 16.7 Å². The maximum atomic E-state index is 15.1. The van der Waals surface area contributed by atoms with Gasteiger partial charge in [-0.05, 0) is 0 Å². The third-order valence-electron chi connectivity index (χ3n) is 6.68. The summed E-state index contributed by atoms with van der Waals surface area (Å²) in [5, 5.41) is 29.1. The van der Waals surface area contributed by atoms with Crippen molar-refractivity contribution < 1.29 is 83.4 Å². The normalized spacial score (nSPS) is 15.2. The molecule has 1 aliphatic rings. The number of pyridine rings is 2. The van der Waals surface area contributed by atoms with Crippen molar-refractivity contribution in [1.29, 1.82) is 15.8 Å². The van der Waals surface area contributed by atoms with E-state index in [2.05, 4.69) is 0 Å². The molecule has 1 aliphatic carbocycles. The van der Waals surface area contributed by atoms with Crippen molar-refractivity contribution in [3.05, 3.63) is 109 Å². The van der Waals surface area contributed by atoms with Gasteiger partial charge in [0.1, 0.15) is 23.8 Å². The summed E-state index contributed by atoms with van der Waals surface area (Å²) in [4.78, 5) is 3.88. The highest BCUT2D eigenvalue weighted by atomic mass is 19.4. The number of halogens is 19. The van der Waals surface area contributed by atoms with Crippen molar-refractivity contribution in [2.24, 2.45) is 0 Å². The first kappa shape index (κ1) is 38.7. The van der Waals surface area contributed by atoms with Gasteiger partial charge in [-0.25, -0.2) is 45.1 Å². The summed E-state index contributed by atoms with van der Waals surface area (Å²) in [6.45, 7) is 0. The molecule has 0 spiro atoms. The first-order chi connectivity index (χ1) is 23.8. The van der Waals surface area contributed by atoms with Crippen molar-refractivity contribution in [3.63, 3.8) is 0 Å². The van der Waals surface area contributed by atoms with Crippen molar-refractivity contribution in [2.45, 2.75) is 18.5 Å². The topological polar surface area (TPSA) is 97.1 Å². The van der Waals surface area contributed by atoms with Crippen LogP contribution in [0.5, 0.6) is 0 Å². The highest BCUT2D eigenvalue weighted by Crippen LogP contribution is 2.58. The summed E-state index contributed by atoms with van der Waals surface area (Å²) in [5.41, 5.74) is -29.1. The predicted molar refractivity (Wildman–Crippen MR) is 127 cm³/mol. The summed E-state index contributed by atoms with van der Waals surface area (Å²) < 4.78 is 267. The lowest BCUT2D eigenvalue weighted by Crippen LogP contribution is -2.17. The van der Waals surface area contributed by atoms with Gasteiger partial charge in [0.25, 0.3) is 0 Å². The average molecular weight is 767 g/mol. The molecule has 24 heteroatoms. The molecule has 52 heavy (non-hydrogen) atoms. The Labute approximate surface area is 272 Å². The summed E-state index contributed by atoms with van der Waals surface area (Å²) in [6, 6.07) is 1.95. The minimum absolute atomic E-state index is 0.638. The fourth-order valence-electron chi connectivity index (χ4n) is 4.59. The molecule has 4 rings (SSSR count). The Morgan fingerprint density at radius 3 is 0.885 bits per heavy atom. The molecule has 270 valence electrons. The molecule has 0 aliphatic heterocycles. The number of rotatable bonds is 3. The second kappa shape index (κ2) is 12.6. The molecule has 0 amide bonds. The number of allylic oxidation sites excluding steroid dienone is 6. The molecule has 2 heterocycles. The first-order valence-corrected chi connectivity index (χ1v) is 12.4. The molecule has 0 N–H and O–H groups in total. The van der Waals surface area contributed by atoms with Crippen LogP contribution in [0.1, 0.15) is 33.6 Å². The molecule has 3 aromatic rings. The van der Waals surface area contributed by atoms with Crippen LogP contribution in [0.4, 0.5) is 83.4 Å². The summed E-state index contributed by atoms with van der Waals surface area (Å²) in [6.07, 6.45) is -18.4. The van der Waals surface area contributed by atoms with Crippen LogP contribution in [0.2, 0.25) is 0 Å². The molecule has 1 fully saturated rings. The molecule has 0 bridgehead atoms. The maximum Gasteiger partial charge on any atom is 0.436 e. The Kier molecular flexibility index (Phi) is 9.36. The second-order valence-corrected chi connectivity index (χ2v) is 9.59. The molecule has 0 atom stereocenters. The van der Waals surface area contributed by atoms with Crippen LogP contribution in [-0.4, -0.2) is 9.97 Å². The molecule has 2 aromatic heterocycles. The van der Waals surface area contributed by atoms with Crippen molar-refractivity contribution in [2.75, 3.05) is 0 Å². The third kappa shape index (κ3) is 6.01. The molecule has 1 aromatic carbocycles. The zero-order chi connectivity index (χ0) is 39.7. The zero-order valence-electron chi connectivity index (χ0n) is 23.4. The number of hydrogen-bond acceptors (Lipinski definition) is 5. The smallest absolute Gasteiger partial charge is 0.209 e. The van der Waals surface area contributed by atoms with Gasteiger partial charge in [0.05, 0.1) is 33.4 Å². The van der Waals surface area contributed by atoms with E-state index < -0.39 is 144 Å². The standard InChI is InChI=1S/C28F19N5/c29-14-10(15(30)21(36)13(20(14)35)26(39,40)41)4(1-48)7-8(5(2-49)11-16(31)22(27(42,43)44)51-24(37)18(11)33)9(7)6(3-50)12-17(32)23(28(45,46)47)52-25(38)19(12)34. The van der Waals surface area contributed by atoms with E-state index in [0.29, 0.717) is 18.2 Å². The molecule has 0 saturated heterocycles. The van der Waals surface area contributed by atoms with Crippen LogP contribution in [0, 0.1) is 92.4 Å². The zero-order valence-corrected chi connectivity index (χ0v) is 23.4. The Morgan fingerprint density at radius 2 is 0.654 bits per heavy atom. The van der Waals surface area contributed by atoms with Crippen molar-refractivity contribution in [1.82, 2.24) is 9.97 Å². The fourth-order valence-corrected chi connectivity index (χ4v) is 4.59. The number of aromatic nitrogens is 2. The monoisotopic (exact) mass is 767 g/mol. The van der Waals surface area contributed by atoms with Gasteiger partial charge >= 0.3 is 18.5 Å². The predicted octanol–water partition coefficient (Wildman–Crippen LogP) is 9.17. The second-order valence-electron chi connectivity index (χ2n) is 9.59. The lowest BCUT2D eigenvalue weighted by molar-refractivity contribution is -0.145. The molecule has 1 saturated carbocycles. The van der Waals surface area contributed by atoms with Gasteiger partial charge in [-0.1, -0.05) is 0 Å². The Morgan fingerprint density at radius 1 is 0.385 bits per heavy atom. The van der Waals surface area contributed by atoms with Gasteiger partial charge in [-0.3, -0.25) is 0 Å². The van der Waals surface area contributed by atoms with E-state index in [-0.39, 0.29) is 0 Å². The van der Waals surface area contributed by atoms with E-state index in [1.54, 1.807) is 0 Å². The Hall–Kier alpha value is -6.12. The van der Waals surface area contributed by atoms with Crippen LogP contribution in [0.25, 0.3) is 16.7 Å². The molecule has 0 radical (unpaired) electrons. The highest BCUT2D eigenvalue weighted by Gasteiger charge is 2.49. The van der Waals surface area contributed by atoms with Crippen LogP contribution >= 0.6 is 0 Å². The fraction of sp³-hybridized carbons (Fsp3) is 0.107. The van der Waals surface area contributed by atoms with Crippen LogP contribution < -0.4 is 0 Å². The largest absolute Gasteiger partial charge is 0.436 e. The number of nitriles is 3. The van der Waals surface area contributed by atoms with E-state index in [1.165, 1.54) is 0 Å². The van der Waals surface area contributed by atoms with E-state index in [4.69, 9.17) is 0 Å². The Balaban J connectivity index is 2.39. The highest BCUT2D eigenvalue weighted by molar-refractivity contribution is 6.12. The molecule has 0 unspecified atom stereocenters. The van der Waals surface area contributed by atoms with Gasteiger partial charge in [0, 0.05) is 16.7 Å². The minimum Gasteiger partial charge on any atom is -0.209 e. The number of benzene rings is 1. The third-order valence-corrected chi connectivity index (χ3v) is 6.68. The first-order valence-electron chi connectivity index (χ1n) is 12.4. The van der Waals surface area contributed by atoms with Crippen LogP contribution in [-0.2, 0) is 18.5 Å². The lowest BCUT2D eigenvalue weighted by Gasteiger charge is -2.13. The number of nitrogens with zero attached hydrogens (tertiary/aromatic N) is 5. The molecule has 5 nitrogen and oxygen atoms in total. The molecular formula is C28F19N5. The van der Waals surface area contributed by atoms with E-state index >= 15 is 17.6 Å². The average Bonchev–Trinajstić information content (AvgIpc) is 3.74.